The highest BCUT2D eigenvalue weighted by atomic mass is 35.5. The molecule has 0 saturated heterocycles. The molecule has 88 valence electrons. The standard InChI is InChI=1S/C10H6ClNO5/c11-6-7(12)10(17)4-2(13)1-3(14)8(15)5(4)9(6)16/h1,13,16-17H,12H2. The molecule has 0 aromatic heterocycles. The molecule has 5 N–H and O–H groups in total. The molecule has 1 aliphatic carbocycles. The van der Waals surface area contributed by atoms with E-state index >= 15 is 0 Å². The summed E-state index contributed by atoms with van der Waals surface area (Å²) >= 11 is 5.58. The summed E-state index contributed by atoms with van der Waals surface area (Å²) < 4.78 is 0. The molecule has 0 radical (unpaired) electrons. The summed E-state index contributed by atoms with van der Waals surface area (Å²) in [4.78, 5) is 22.7. The molecule has 0 atom stereocenters. The number of allylic oxidation sites excluding steroid dienone is 1. The molecule has 17 heavy (non-hydrogen) atoms. The van der Waals surface area contributed by atoms with Crippen LogP contribution in [-0.2, 0) is 4.79 Å². The number of phenols is 2. The van der Waals surface area contributed by atoms with E-state index in [1.807, 2.05) is 0 Å². The molecule has 2 rings (SSSR count). The van der Waals surface area contributed by atoms with Gasteiger partial charge in [-0.2, -0.15) is 0 Å². The third-order valence-corrected chi connectivity index (χ3v) is 2.78. The number of hydrogen-bond donors (Lipinski definition) is 4. The van der Waals surface area contributed by atoms with Crippen LogP contribution in [0.1, 0.15) is 15.9 Å². The summed E-state index contributed by atoms with van der Waals surface area (Å²) in [6, 6.07) is 0. The summed E-state index contributed by atoms with van der Waals surface area (Å²) in [5, 5.41) is 28.3. The molecule has 7 heteroatoms. The molecule has 0 spiro atoms. The highest BCUT2D eigenvalue weighted by Gasteiger charge is 2.34. The third-order valence-electron chi connectivity index (χ3n) is 2.40. The Balaban J connectivity index is 2.96. The summed E-state index contributed by atoms with van der Waals surface area (Å²) in [6.07, 6.45) is 0.636. The Hall–Kier alpha value is -2.21. The van der Waals surface area contributed by atoms with Crippen LogP contribution in [-0.4, -0.2) is 26.9 Å². The van der Waals surface area contributed by atoms with Crippen molar-refractivity contribution in [2.75, 3.05) is 5.73 Å². The zero-order chi connectivity index (χ0) is 12.9. The number of nitrogen functional groups attached to an aromatic ring is 1. The maximum atomic E-state index is 11.5. The van der Waals surface area contributed by atoms with Crippen molar-refractivity contribution in [1.29, 1.82) is 0 Å². The Morgan fingerprint density at radius 2 is 1.65 bits per heavy atom. The number of carbonyl (C=O) groups excluding carboxylic acids is 2. The van der Waals surface area contributed by atoms with Gasteiger partial charge < -0.3 is 21.1 Å². The maximum absolute atomic E-state index is 11.5. The number of aliphatic hydroxyl groups excluding tert-OH is 1. The van der Waals surface area contributed by atoms with Crippen molar-refractivity contribution in [3.05, 3.63) is 22.2 Å². The van der Waals surface area contributed by atoms with Gasteiger partial charge in [-0.3, -0.25) is 9.59 Å². The van der Waals surface area contributed by atoms with E-state index in [1.54, 1.807) is 0 Å². The number of phenolic OH excluding ortho intramolecular Hbond substituents is 2. The maximum Gasteiger partial charge on any atom is 0.237 e. The van der Waals surface area contributed by atoms with Crippen molar-refractivity contribution in [2.24, 2.45) is 0 Å². The topological polar surface area (TPSA) is 121 Å². The largest absolute Gasteiger partial charge is 0.507 e. The molecule has 0 aliphatic heterocycles. The fourth-order valence-corrected chi connectivity index (χ4v) is 1.75. The lowest BCUT2D eigenvalue weighted by molar-refractivity contribution is -0.111. The summed E-state index contributed by atoms with van der Waals surface area (Å²) in [5.41, 5.74) is 4.04. The van der Waals surface area contributed by atoms with Gasteiger partial charge in [0.05, 0.1) is 16.8 Å². The normalized spacial score (nSPS) is 14.5. The molecule has 0 fully saturated rings. The second-order valence-electron chi connectivity index (χ2n) is 3.40. The van der Waals surface area contributed by atoms with Gasteiger partial charge in [0, 0.05) is 6.08 Å². The summed E-state index contributed by atoms with van der Waals surface area (Å²) in [6.45, 7) is 0. The van der Waals surface area contributed by atoms with Gasteiger partial charge in [-0.25, -0.2) is 0 Å². The van der Waals surface area contributed by atoms with E-state index in [-0.39, 0.29) is 5.69 Å². The number of ketones is 2. The number of rotatable bonds is 0. The van der Waals surface area contributed by atoms with E-state index in [2.05, 4.69) is 0 Å². The van der Waals surface area contributed by atoms with Gasteiger partial charge in [0.25, 0.3) is 0 Å². The summed E-state index contributed by atoms with van der Waals surface area (Å²) in [7, 11) is 0. The van der Waals surface area contributed by atoms with E-state index in [0.717, 1.165) is 0 Å². The fourth-order valence-electron chi connectivity index (χ4n) is 1.57. The van der Waals surface area contributed by atoms with Crippen molar-refractivity contribution in [1.82, 2.24) is 0 Å². The summed E-state index contributed by atoms with van der Waals surface area (Å²) in [5.74, 6) is -4.15. The SMILES string of the molecule is Nc1c(O)c2c(c(O)c1Cl)C(=O)C(=O)C=C2O. The van der Waals surface area contributed by atoms with Crippen molar-refractivity contribution >= 4 is 34.6 Å². The van der Waals surface area contributed by atoms with Gasteiger partial charge >= 0.3 is 0 Å². The predicted molar refractivity (Wildman–Crippen MR) is 59.1 cm³/mol. The zero-order valence-electron chi connectivity index (χ0n) is 8.19. The molecule has 0 saturated carbocycles. The number of carbonyl (C=O) groups is 2. The Kier molecular flexibility index (Phi) is 2.25. The number of aliphatic hydroxyl groups is 1. The highest BCUT2D eigenvalue weighted by molar-refractivity contribution is 6.52. The number of Topliss-reactive ketones (excluding diaryl/α,β-unsaturated/α-hetero) is 1. The van der Waals surface area contributed by atoms with Crippen molar-refractivity contribution in [3.8, 4) is 11.5 Å². The Labute approximate surface area is 99.5 Å². The number of hydrogen-bond acceptors (Lipinski definition) is 6. The number of fused-ring (bicyclic) bond motifs is 1. The molecular weight excluding hydrogens is 250 g/mol. The van der Waals surface area contributed by atoms with E-state index in [4.69, 9.17) is 17.3 Å². The lowest BCUT2D eigenvalue weighted by atomic mass is 9.91. The number of aromatic hydroxyl groups is 2. The first-order valence-corrected chi connectivity index (χ1v) is 4.76. The van der Waals surface area contributed by atoms with E-state index in [9.17, 15) is 24.9 Å². The highest BCUT2D eigenvalue weighted by Crippen LogP contribution is 2.46. The molecule has 0 amide bonds. The van der Waals surface area contributed by atoms with Gasteiger partial charge in [-0.15, -0.1) is 0 Å². The quantitative estimate of drug-likeness (QED) is 0.237. The molecule has 0 unspecified atom stereocenters. The van der Waals surface area contributed by atoms with Crippen LogP contribution in [0.4, 0.5) is 5.69 Å². The third kappa shape index (κ3) is 1.34. The zero-order valence-corrected chi connectivity index (χ0v) is 8.95. The van der Waals surface area contributed by atoms with Crippen LogP contribution in [0, 0.1) is 0 Å². The van der Waals surface area contributed by atoms with Crippen LogP contribution in [0.5, 0.6) is 11.5 Å². The van der Waals surface area contributed by atoms with Crippen molar-refractivity contribution < 1.29 is 24.9 Å². The van der Waals surface area contributed by atoms with Crippen LogP contribution in [0.2, 0.25) is 5.02 Å². The first-order valence-electron chi connectivity index (χ1n) is 4.38. The Bertz CT molecular complexity index is 605. The van der Waals surface area contributed by atoms with Gasteiger partial charge in [-0.05, 0) is 0 Å². The minimum absolute atomic E-state index is 0.384. The molecule has 6 nitrogen and oxygen atoms in total. The van der Waals surface area contributed by atoms with Gasteiger partial charge in [0.1, 0.15) is 16.5 Å². The minimum Gasteiger partial charge on any atom is -0.507 e. The monoisotopic (exact) mass is 255 g/mol. The molecular formula is C10H6ClNO5. The lowest BCUT2D eigenvalue weighted by Gasteiger charge is -2.17. The number of halogens is 1. The number of benzene rings is 1. The van der Waals surface area contributed by atoms with Gasteiger partial charge in [0.15, 0.2) is 5.75 Å². The van der Waals surface area contributed by atoms with Crippen LogP contribution >= 0.6 is 11.6 Å². The molecule has 0 heterocycles. The molecule has 1 aliphatic rings. The average Bonchev–Trinajstić information content (AvgIpc) is 2.28. The van der Waals surface area contributed by atoms with Crippen LogP contribution < -0.4 is 5.73 Å². The van der Waals surface area contributed by atoms with Gasteiger partial charge in [-0.1, -0.05) is 11.6 Å². The molecule has 1 aromatic rings. The second-order valence-corrected chi connectivity index (χ2v) is 3.78. The second kappa shape index (κ2) is 3.39. The smallest absolute Gasteiger partial charge is 0.237 e. The van der Waals surface area contributed by atoms with Crippen LogP contribution in [0.25, 0.3) is 5.76 Å². The first-order chi connectivity index (χ1) is 7.86. The van der Waals surface area contributed by atoms with Gasteiger partial charge in [0.2, 0.25) is 11.6 Å². The Morgan fingerprint density at radius 3 is 2.24 bits per heavy atom. The van der Waals surface area contributed by atoms with Crippen molar-refractivity contribution in [3.63, 3.8) is 0 Å². The predicted octanol–water partition coefficient (Wildman–Crippen LogP) is 0.998. The lowest BCUT2D eigenvalue weighted by Crippen LogP contribution is -2.19. The van der Waals surface area contributed by atoms with E-state index < -0.39 is 45.0 Å². The average molecular weight is 256 g/mol. The van der Waals surface area contributed by atoms with Crippen LogP contribution in [0.15, 0.2) is 6.08 Å². The Morgan fingerprint density at radius 1 is 1.06 bits per heavy atom. The molecule has 0 bridgehead atoms. The van der Waals surface area contributed by atoms with Crippen LogP contribution in [0.3, 0.4) is 0 Å². The van der Waals surface area contributed by atoms with E-state index in [1.165, 1.54) is 0 Å². The number of anilines is 1. The van der Waals surface area contributed by atoms with E-state index in [0.29, 0.717) is 6.08 Å². The van der Waals surface area contributed by atoms with Crippen molar-refractivity contribution in [2.45, 2.75) is 0 Å². The first kappa shape index (κ1) is 11.3. The minimum atomic E-state index is -1.08. The number of nitrogens with two attached hydrogens (primary N) is 1. The molecule has 1 aromatic carbocycles. The fraction of sp³-hybridized carbons (Fsp3) is 0.